The average molecular weight is 342 g/mol. The van der Waals surface area contributed by atoms with E-state index in [4.69, 9.17) is 22.4 Å². The van der Waals surface area contributed by atoms with Crippen molar-refractivity contribution in [2.24, 2.45) is 0 Å². The first kappa shape index (κ1) is 13.7. The van der Waals surface area contributed by atoms with Gasteiger partial charge in [-0.05, 0) is 46.3 Å². The van der Waals surface area contributed by atoms with Crippen LogP contribution < -0.4 is 11.1 Å². The molecule has 0 aliphatic carbocycles. The third kappa shape index (κ3) is 3.00. The number of hydrogen-bond donors (Lipinski definition) is 3. The van der Waals surface area contributed by atoms with Crippen molar-refractivity contribution in [3.8, 4) is 0 Å². The van der Waals surface area contributed by atoms with E-state index in [2.05, 4.69) is 21.2 Å². The van der Waals surface area contributed by atoms with E-state index in [9.17, 15) is 4.79 Å². The summed E-state index contributed by atoms with van der Waals surface area (Å²) in [6, 6.07) is 9.88. The molecule has 0 aromatic heterocycles. The van der Waals surface area contributed by atoms with Crippen LogP contribution in [0.1, 0.15) is 10.4 Å². The van der Waals surface area contributed by atoms with Crippen LogP contribution in [0.4, 0.5) is 17.1 Å². The third-order valence-electron chi connectivity index (χ3n) is 2.52. The second-order valence-corrected chi connectivity index (χ2v) is 5.11. The van der Waals surface area contributed by atoms with E-state index in [0.29, 0.717) is 22.1 Å². The van der Waals surface area contributed by atoms with E-state index in [1.807, 2.05) is 0 Å². The van der Waals surface area contributed by atoms with Gasteiger partial charge in [0.15, 0.2) is 0 Å². The number of nitrogens with two attached hydrogens (primary N) is 1. The Labute approximate surface area is 123 Å². The number of carboxylic acids is 1. The Morgan fingerprint density at radius 2 is 2.05 bits per heavy atom. The summed E-state index contributed by atoms with van der Waals surface area (Å²) < 4.78 is 0.722. The predicted octanol–water partition coefficient (Wildman–Crippen LogP) is 4.13. The molecule has 4 N–H and O–H groups in total. The van der Waals surface area contributed by atoms with Crippen molar-refractivity contribution < 1.29 is 9.90 Å². The van der Waals surface area contributed by atoms with Gasteiger partial charge in [0.2, 0.25) is 0 Å². The minimum atomic E-state index is -1.04. The number of para-hydroxylation sites is 1. The summed E-state index contributed by atoms with van der Waals surface area (Å²) in [6.07, 6.45) is 0. The van der Waals surface area contributed by atoms with Gasteiger partial charge in [-0.1, -0.05) is 17.7 Å². The molecule has 2 aromatic carbocycles. The molecule has 19 heavy (non-hydrogen) atoms. The van der Waals surface area contributed by atoms with E-state index in [1.165, 1.54) is 6.07 Å². The summed E-state index contributed by atoms with van der Waals surface area (Å²) in [5, 5.41) is 12.7. The van der Waals surface area contributed by atoms with Crippen molar-refractivity contribution in [3.63, 3.8) is 0 Å². The van der Waals surface area contributed by atoms with Gasteiger partial charge in [-0.15, -0.1) is 0 Å². The highest BCUT2D eigenvalue weighted by Crippen LogP contribution is 2.32. The fourth-order valence-electron chi connectivity index (χ4n) is 1.61. The zero-order valence-electron chi connectivity index (χ0n) is 9.65. The van der Waals surface area contributed by atoms with E-state index in [1.54, 1.807) is 30.3 Å². The number of hydrogen-bond acceptors (Lipinski definition) is 3. The number of nitrogen functional groups attached to an aromatic ring is 1. The van der Waals surface area contributed by atoms with E-state index in [0.717, 1.165) is 4.47 Å². The highest BCUT2D eigenvalue weighted by Gasteiger charge is 2.13. The SMILES string of the molecule is Nc1cccc(C(=O)O)c1Nc1ccc(Cl)cc1Br. The number of halogens is 2. The monoisotopic (exact) mass is 340 g/mol. The lowest BCUT2D eigenvalue weighted by Gasteiger charge is -2.13. The molecule has 2 aromatic rings. The summed E-state index contributed by atoms with van der Waals surface area (Å²) >= 11 is 9.21. The first-order chi connectivity index (χ1) is 8.99. The highest BCUT2D eigenvalue weighted by molar-refractivity contribution is 9.10. The van der Waals surface area contributed by atoms with Gasteiger partial charge in [0.25, 0.3) is 0 Å². The van der Waals surface area contributed by atoms with Crippen molar-refractivity contribution in [1.82, 2.24) is 0 Å². The Morgan fingerprint density at radius 1 is 1.32 bits per heavy atom. The van der Waals surface area contributed by atoms with Crippen LogP contribution in [-0.4, -0.2) is 11.1 Å². The molecular formula is C13H10BrClN2O2. The maximum atomic E-state index is 11.2. The Kier molecular flexibility index (Phi) is 3.97. The molecule has 4 nitrogen and oxygen atoms in total. The number of anilines is 3. The third-order valence-corrected chi connectivity index (χ3v) is 3.41. The molecule has 0 saturated carbocycles. The first-order valence-corrected chi connectivity index (χ1v) is 6.50. The van der Waals surface area contributed by atoms with Gasteiger partial charge in [-0.3, -0.25) is 0 Å². The number of carbonyl (C=O) groups is 1. The molecule has 0 aliphatic heterocycles. The van der Waals surface area contributed by atoms with Crippen LogP contribution in [0.25, 0.3) is 0 Å². The maximum Gasteiger partial charge on any atom is 0.337 e. The predicted molar refractivity (Wildman–Crippen MR) is 80.2 cm³/mol. The smallest absolute Gasteiger partial charge is 0.337 e. The number of carboxylic acid groups (broad SMARTS) is 1. The molecule has 0 amide bonds. The van der Waals surface area contributed by atoms with Crippen molar-refractivity contribution in [1.29, 1.82) is 0 Å². The Bertz CT molecular complexity index is 647. The Balaban J connectivity index is 2.46. The van der Waals surface area contributed by atoms with E-state index in [-0.39, 0.29) is 5.56 Å². The van der Waals surface area contributed by atoms with E-state index < -0.39 is 5.97 Å². The molecule has 2 rings (SSSR count). The van der Waals surface area contributed by atoms with Crippen molar-refractivity contribution in [2.75, 3.05) is 11.1 Å². The summed E-state index contributed by atoms with van der Waals surface area (Å²) in [5.74, 6) is -1.04. The minimum Gasteiger partial charge on any atom is -0.478 e. The molecule has 0 saturated heterocycles. The second kappa shape index (κ2) is 5.50. The zero-order chi connectivity index (χ0) is 14.0. The van der Waals surface area contributed by atoms with Crippen molar-refractivity contribution in [3.05, 3.63) is 51.5 Å². The second-order valence-electron chi connectivity index (χ2n) is 3.82. The number of nitrogens with one attached hydrogen (secondary N) is 1. The largest absolute Gasteiger partial charge is 0.478 e. The number of benzene rings is 2. The van der Waals surface area contributed by atoms with Crippen LogP contribution in [0.5, 0.6) is 0 Å². The molecule has 0 fully saturated rings. The fraction of sp³-hybridized carbons (Fsp3) is 0. The molecule has 0 spiro atoms. The lowest BCUT2D eigenvalue weighted by Crippen LogP contribution is -2.05. The lowest BCUT2D eigenvalue weighted by molar-refractivity contribution is 0.0698. The van der Waals surface area contributed by atoms with Crippen LogP contribution in [-0.2, 0) is 0 Å². The van der Waals surface area contributed by atoms with Crippen molar-refractivity contribution in [2.45, 2.75) is 0 Å². The van der Waals surface area contributed by atoms with Crippen LogP contribution in [0.3, 0.4) is 0 Å². The van der Waals surface area contributed by atoms with Gasteiger partial charge in [0.05, 0.1) is 22.6 Å². The molecule has 98 valence electrons. The van der Waals surface area contributed by atoms with Crippen LogP contribution in [0, 0.1) is 0 Å². The summed E-state index contributed by atoms with van der Waals surface area (Å²) in [5.41, 5.74) is 7.34. The highest BCUT2D eigenvalue weighted by atomic mass is 79.9. The normalized spacial score (nSPS) is 10.2. The standard InChI is InChI=1S/C13H10BrClN2O2/c14-9-6-7(15)4-5-11(9)17-12-8(13(18)19)2-1-3-10(12)16/h1-6,17H,16H2,(H,18,19). The van der Waals surface area contributed by atoms with Gasteiger partial charge in [-0.2, -0.15) is 0 Å². The number of aromatic carboxylic acids is 1. The van der Waals surface area contributed by atoms with Gasteiger partial charge in [-0.25, -0.2) is 4.79 Å². The molecule has 0 unspecified atom stereocenters. The molecule has 0 atom stereocenters. The van der Waals surface area contributed by atoms with Crippen LogP contribution in [0.2, 0.25) is 5.02 Å². The molecule has 0 radical (unpaired) electrons. The first-order valence-electron chi connectivity index (χ1n) is 5.33. The Hall–Kier alpha value is -1.72. The van der Waals surface area contributed by atoms with Gasteiger partial charge in [0, 0.05) is 9.50 Å². The summed E-state index contributed by atoms with van der Waals surface area (Å²) in [7, 11) is 0. The topological polar surface area (TPSA) is 75.4 Å². The van der Waals surface area contributed by atoms with E-state index >= 15 is 0 Å². The molecule has 6 heteroatoms. The fourth-order valence-corrected chi connectivity index (χ4v) is 2.40. The average Bonchev–Trinajstić information content (AvgIpc) is 2.34. The summed E-state index contributed by atoms with van der Waals surface area (Å²) in [6.45, 7) is 0. The number of rotatable bonds is 3. The Morgan fingerprint density at radius 3 is 2.68 bits per heavy atom. The van der Waals surface area contributed by atoms with Gasteiger partial charge >= 0.3 is 5.97 Å². The summed E-state index contributed by atoms with van der Waals surface area (Å²) in [4.78, 5) is 11.2. The zero-order valence-corrected chi connectivity index (χ0v) is 12.0. The van der Waals surface area contributed by atoms with Gasteiger partial charge < -0.3 is 16.2 Å². The molecule has 0 heterocycles. The van der Waals surface area contributed by atoms with Crippen molar-refractivity contribution >= 4 is 50.6 Å². The molecule has 0 aliphatic rings. The molecular weight excluding hydrogens is 332 g/mol. The maximum absolute atomic E-state index is 11.2. The lowest BCUT2D eigenvalue weighted by atomic mass is 10.1. The quantitative estimate of drug-likeness (QED) is 0.734. The minimum absolute atomic E-state index is 0.113. The molecule has 0 bridgehead atoms. The van der Waals surface area contributed by atoms with Gasteiger partial charge in [0.1, 0.15) is 0 Å². The van der Waals surface area contributed by atoms with Crippen LogP contribution >= 0.6 is 27.5 Å². The van der Waals surface area contributed by atoms with Crippen LogP contribution in [0.15, 0.2) is 40.9 Å².